The molecule has 0 unspecified atom stereocenters. The predicted octanol–water partition coefficient (Wildman–Crippen LogP) is 1.14. The molecule has 17 heavy (non-hydrogen) atoms. The minimum absolute atomic E-state index is 0.382. The van der Waals surface area contributed by atoms with Crippen molar-refractivity contribution in [1.82, 2.24) is 4.98 Å². The van der Waals surface area contributed by atoms with Gasteiger partial charge in [-0.25, -0.2) is 8.78 Å². The Bertz CT molecular complexity index is 478. The highest BCUT2D eigenvalue weighted by atomic mass is 19.3. The Hall–Kier alpha value is -2.32. The van der Waals surface area contributed by atoms with Crippen molar-refractivity contribution in [3.63, 3.8) is 0 Å². The van der Waals surface area contributed by atoms with Crippen LogP contribution in [0, 0.1) is 10.1 Å². The number of aliphatic carboxylic acids is 1. The third kappa shape index (κ3) is 2.83. The van der Waals surface area contributed by atoms with Crippen molar-refractivity contribution in [1.29, 1.82) is 0 Å². The quantitative estimate of drug-likeness (QED) is 0.608. The van der Waals surface area contributed by atoms with E-state index in [0.717, 1.165) is 6.07 Å². The number of carboxylic acids is 1. The van der Waals surface area contributed by atoms with E-state index in [9.17, 15) is 23.7 Å². The van der Waals surface area contributed by atoms with E-state index in [4.69, 9.17) is 10.8 Å². The van der Waals surface area contributed by atoms with Gasteiger partial charge in [-0.05, 0) is 9.91 Å². The molecule has 1 heterocycles. The van der Waals surface area contributed by atoms with Crippen molar-refractivity contribution >= 4 is 17.5 Å². The van der Waals surface area contributed by atoms with E-state index in [0.29, 0.717) is 0 Å². The number of hydrogen-bond donors (Lipinski definition) is 2. The smallest absolute Gasteiger partial charge is 0.369 e. The first-order valence-electron chi connectivity index (χ1n) is 4.26. The van der Waals surface area contributed by atoms with Gasteiger partial charge in [-0.2, -0.15) is 0 Å². The van der Waals surface area contributed by atoms with Gasteiger partial charge < -0.3 is 21.0 Å². The molecule has 9 heteroatoms. The fourth-order valence-corrected chi connectivity index (χ4v) is 1.19. The van der Waals surface area contributed by atoms with Crippen molar-refractivity contribution in [3.05, 3.63) is 27.4 Å². The Morgan fingerprint density at radius 1 is 1.65 bits per heavy atom. The number of carbonyl (C=O) groups is 1. The summed E-state index contributed by atoms with van der Waals surface area (Å²) in [4.78, 5) is 23.1. The van der Waals surface area contributed by atoms with Crippen LogP contribution in [0.15, 0.2) is 6.07 Å². The second kappa shape index (κ2) is 4.68. The van der Waals surface area contributed by atoms with Crippen LogP contribution < -0.4 is 5.73 Å². The van der Waals surface area contributed by atoms with Crippen molar-refractivity contribution in [3.8, 4) is 0 Å². The molecule has 0 amide bonds. The predicted molar refractivity (Wildman–Crippen MR) is 51.6 cm³/mol. The van der Waals surface area contributed by atoms with E-state index < -0.39 is 35.3 Å². The van der Waals surface area contributed by atoms with E-state index >= 15 is 0 Å². The number of hydrogen-bond acceptors (Lipinski definition) is 5. The highest BCUT2D eigenvalue weighted by molar-refractivity contribution is 5.75. The maximum absolute atomic E-state index is 12.3. The van der Waals surface area contributed by atoms with Crippen molar-refractivity contribution in [2.24, 2.45) is 0 Å². The van der Waals surface area contributed by atoms with E-state index in [1.807, 2.05) is 0 Å². The fourth-order valence-electron chi connectivity index (χ4n) is 1.19. The van der Waals surface area contributed by atoms with Crippen molar-refractivity contribution in [2.75, 3.05) is 5.73 Å². The van der Waals surface area contributed by atoms with Gasteiger partial charge in [0.25, 0.3) is 0 Å². The highest BCUT2D eigenvalue weighted by Crippen LogP contribution is 2.28. The summed E-state index contributed by atoms with van der Waals surface area (Å²) in [6.45, 7) is 0. The molecule has 7 nitrogen and oxygen atoms in total. The van der Waals surface area contributed by atoms with Crippen LogP contribution in [0.2, 0.25) is 0 Å². The minimum Gasteiger partial charge on any atom is -0.481 e. The molecule has 0 saturated carbocycles. The molecule has 0 bridgehead atoms. The Morgan fingerprint density at radius 2 is 2.24 bits per heavy atom. The lowest BCUT2D eigenvalue weighted by molar-refractivity contribution is -0.390. The lowest BCUT2D eigenvalue weighted by Gasteiger charge is -2.05. The summed E-state index contributed by atoms with van der Waals surface area (Å²) in [6, 6.07) is 0.732. The van der Waals surface area contributed by atoms with Crippen LogP contribution >= 0.6 is 0 Å². The number of nitrogens with zero attached hydrogens (tertiary/aromatic N) is 2. The summed E-state index contributed by atoms with van der Waals surface area (Å²) in [5.41, 5.74) is 3.68. The van der Waals surface area contributed by atoms with Crippen LogP contribution in [0.4, 0.5) is 20.3 Å². The molecule has 0 aliphatic carbocycles. The SMILES string of the molecule is Nc1cc(C(F)F)nc([N+](=O)[O-])c1CC(=O)O. The number of aromatic nitrogens is 1. The molecular weight excluding hydrogens is 240 g/mol. The molecule has 1 rings (SSSR count). The monoisotopic (exact) mass is 247 g/mol. The molecule has 0 aromatic carbocycles. The van der Waals surface area contributed by atoms with Crippen molar-refractivity contribution in [2.45, 2.75) is 12.8 Å². The van der Waals surface area contributed by atoms with Gasteiger partial charge in [-0.1, -0.05) is 0 Å². The molecule has 0 radical (unpaired) electrons. The lowest BCUT2D eigenvalue weighted by Crippen LogP contribution is -2.10. The van der Waals surface area contributed by atoms with E-state index in [2.05, 4.69) is 4.98 Å². The number of halogens is 2. The zero-order valence-electron chi connectivity index (χ0n) is 8.26. The largest absolute Gasteiger partial charge is 0.481 e. The first-order chi connectivity index (χ1) is 7.82. The Morgan fingerprint density at radius 3 is 2.65 bits per heavy atom. The second-order valence-corrected chi connectivity index (χ2v) is 3.07. The number of rotatable bonds is 4. The minimum atomic E-state index is -3.02. The van der Waals surface area contributed by atoms with E-state index in [-0.39, 0.29) is 11.3 Å². The molecule has 0 fully saturated rings. The van der Waals surface area contributed by atoms with Crippen LogP contribution in [0.1, 0.15) is 17.7 Å². The molecular formula is C8H7F2N3O4. The summed E-state index contributed by atoms with van der Waals surface area (Å²) in [6.07, 6.45) is -3.77. The molecule has 92 valence electrons. The summed E-state index contributed by atoms with van der Waals surface area (Å²) >= 11 is 0. The maximum atomic E-state index is 12.3. The van der Waals surface area contributed by atoms with Gasteiger partial charge in [0.1, 0.15) is 0 Å². The van der Waals surface area contributed by atoms with Gasteiger partial charge in [-0.15, -0.1) is 0 Å². The zero-order valence-corrected chi connectivity index (χ0v) is 8.26. The van der Waals surface area contributed by atoms with E-state index in [1.54, 1.807) is 0 Å². The van der Waals surface area contributed by atoms with Crippen LogP contribution in [-0.4, -0.2) is 21.0 Å². The normalized spacial score (nSPS) is 10.5. The third-order valence-electron chi connectivity index (χ3n) is 1.88. The summed E-state index contributed by atoms with van der Waals surface area (Å²) in [7, 11) is 0. The fraction of sp³-hybridized carbons (Fsp3) is 0.250. The number of anilines is 1. The summed E-state index contributed by atoms with van der Waals surface area (Å²) < 4.78 is 24.7. The average Bonchev–Trinajstić information content (AvgIpc) is 2.19. The lowest BCUT2D eigenvalue weighted by atomic mass is 10.1. The number of carboxylic acid groups (broad SMARTS) is 1. The molecule has 0 spiro atoms. The molecule has 0 aliphatic heterocycles. The van der Waals surface area contributed by atoms with Gasteiger partial charge in [0.15, 0.2) is 0 Å². The van der Waals surface area contributed by atoms with Crippen LogP contribution in [0.3, 0.4) is 0 Å². The molecule has 0 aliphatic rings. The van der Waals surface area contributed by atoms with Crippen LogP contribution in [0.5, 0.6) is 0 Å². The third-order valence-corrected chi connectivity index (χ3v) is 1.88. The number of nitrogen functional groups attached to an aromatic ring is 1. The van der Waals surface area contributed by atoms with Gasteiger partial charge in [0.2, 0.25) is 5.69 Å². The Balaban J connectivity index is 3.38. The van der Waals surface area contributed by atoms with Crippen LogP contribution in [-0.2, 0) is 11.2 Å². The first kappa shape index (κ1) is 12.7. The average molecular weight is 247 g/mol. The Kier molecular flexibility index (Phi) is 3.51. The Labute approximate surface area is 93.0 Å². The number of alkyl halides is 2. The van der Waals surface area contributed by atoms with E-state index in [1.165, 1.54) is 0 Å². The first-order valence-corrected chi connectivity index (χ1v) is 4.26. The molecule has 1 aromatic rings. The molecule has 3 N–H and O–H groups in total. The zero-order chi connectivity index (χ0) is 13.2. The second-order valence-electron chi connectivity index (χ2n) is 3.07. The number of nitro groups is 1. The molecule has 0 atom stereocenters. The van der Waals surface area contributed by atoms with Gasteiger partial charge in [0.05, 0.1) is 12.0 Å². The molecule has 0 saturated heterocycles. The van der Waals surface area contributed by atoms with Gasteiger partial charge >= 0.3 is 18.2 Å². The summed E-state index contributed by atoms with van der Waals surface area (Å²) in [5.74, 6) is -2.32. The maximum Gasteiger partial charge on any atom is 0.369 e. The number of pyridine rings is 1. The van der Waals surface area contributed by atoms with Gasteiger partial charge in [0, 0.05) is 11.8 Å². The molecule has 1 aromatic heterocycles. The summed E-state index contributed by atoms with van der Waals surface area (Å²) in [5, 5.41) is 19.1. The topological polar surface area (TPSA) is 119 Å². The van der Waals surface area contributed by atoms with Crippen LogP contribution in [0.25, 0.3) is 0 Å². The van der Waals surface area contributed by atoms with Gasteiger partial charge in [-0.3, -0.25) is 4.79 Å². The number of nitrogens with two attached hydrogens (primary N) is 1. The standard InChI is InChI=1S/C8H7F2N3O4/c9-7(10)5-2-4(11)3(1-6(14)15)8(12-5)13(16)17/h2,7H,1H2,(H2,11,12)(H,14,15). The highest BCUT2D eigenvalue weighted by Gasteiger charge is 2.26. The van der Waals surface area contributed by atoms with Crippen molar-refractivity contribution < 1.29 is 23.6 Å².